The zero-order valence-electron chi connectivity index (χ0n) is 18.6. The Morgan fingerprint density at radius 2 is 1.94 bits per heavy atom. The third-order valence-corrected chi connectivity index (χ3v) is 6.11. The van der Waals surface area contributed by atoms with Crippen LogP contribution in [0.1, 0.15) is 36.2 Å². The van der Waals surface area contributed by atoms with Crippen molar-refractivity contribution in [3.63, 3.8) is 0 Å². The summed E-state index contributed by atoms with van der Waals surface area (Å²) in [6, 6.07) is 4.93. The highest BCUT2D eigenvalue weighted by molar-refractivity contribution is 7.90. The lowest BCUT2D eigenvalue weighted by molar-refractivity contribution is 0.0694. The van der Waals surface area contributed by atoms with Crippen molar-refractivity contribution in [2.45, 2.75) is 26.8 Å². The summed E-state index contributed by atoms with van der Waals surface area (Å²) >= 11 is 0. The monoisotopic (exact) mass is 464 g/mol. The fourth-order valence-electron chi connectivity index (χ4n) is 3.71. The number of aromatic nitrogens is 1. The van der Waals surface area contributed by atoms with Crippen LogP contribution >= 0.6 is 0 Å². The summed E-state index contributed by atoms with van der Waals surface area (Å²) in [5.41, 5.74) is 1.36. The van der Waals surface area contributed by atoms with Crippen LogP contribution < -0.4 is 19.9 Å². The molecule has 0 fully saturated rings. The Balaban J connectivity index is 2.03. The van der Waals surface area contributed by atoms with Gasteiger partial charge in [0.1, 0.15) is 15.4 Å². The Hall–Kier alpha value is -3.01. The van der Waals surface area contributed by atoms with Gasteiger partial charge in [0, 0.05) is 30.6 Å². The molecular formula is C22H28N2O7S. The van der Waals surface area contributed by atoms with E-state index in [0.717, 1.165) is 11.1 Å². The molecule has 174 valence electrons. The number of ether oxygens (including phenoxy) is 2. The van der Waals surface area contributed by atoms with Crippen LogP contribution in [-0.4, -0.2) is 56.4 Å². The maximum atomic E-state index is 12.4. The molecule has 1 N–H and O–H groups in total. The highest BCUT2D eigenvalue weighted by Gasteiger charge is 2.26. The molecule has 1 aromatic carbocycles. The normalized spacial score (nSPS) is 13.0. The van der Waals surface area contributed by atoms with Gasteiger partial charge in [0.25, 0.3) is 0 Å². The van der Waals surface area contributed by atoms with E-state index in [4.69, 9.17) is 9.47 Å². The first kappa shape index (κ1) is 23.6. The van der Waals surface area contributed by atoms with Crippen molar-refractivity contribution in [1.82, 2.24) is 4.68 Å². The van der Waals surface area contributed by atoms with Gasteiger partial charge in [-0.15, -0.1) is 0 Å². The number of aromatic carboxylic acids is 1. The lowest BCUT2D eigenvalue weighted by Gasteiger charge is -2.36. The average Bonchev–Trinajstić information content (AvgIpc) is 2.69. The summed E-state index contributed by atoms with van der Waals surface area (Å²) in [5.74, 6) is -0.00744. The molecule has 2 aromatic rings. The number of pyridine rings is 1. The van der Waals surface area contributed by atoms with Crippen molar-refractivity contribution in [1.29, 1.82) is 0 Å². The minimum atomic E-state index is -3.07. The van der Waals surface area contributed by atoms with E-state index in [-0.39, 0.29) is 17.9 Å². The topological polar surface area (TPSA) is 115 Å². The van der Waals surface area contributed by atoms with E-state index in [1.165, 1.54) is 25.6 Å². The van der Waals surface area contributed by atoms with Crippen LogP contribution in [0.3, 0.4) is 0 Å². The average molecular weight is 465 g/mol. The van der Waals surface area contributed by atoms with E-state index in [9.17, 15) is 23.1 Å². The van der Waals surface area contributed by atoms with Crippen molar-refractivity contribution in [3.05, 3.63) is 45.7 Å². The molecular weight excluding hydrogens is 436 g/mol. The summed E-state index contributed by atoms with van der Waals surface area (Å²) in [6.45, 7) is 5.45. The smallest absolute Gasteiger partial charge is 0.341 e. The first-order valence-corrected chi connectivity index (χ1v) is 12.3. The molecule has 32 heavy (non-hydrogen) atoms. The number of fused-ring (bicyclic) bond motifs is 3. The van der Waals surface area contributed by atoms with Gasteiger partial charge in [0.15, 0.2) is 16.9 Å². The third-order valence-electron chi connectivity index (χ3n) is 5.08. The van der Waals surface area contributed by atoms with E-state index >= 15 is 0 Å². The zero-order valence-corrected chi connectivity index (χ0v) is 19.4. The third kappa shape index (κ3) is 5.24. The van der Waals surface area contributed by atoms with Gasteiger partial charge in [0.05, 0.1) is 31.7 Å². The van der Waals surface area contributed by atoms with Crippen molar-refractivity contribution in [3.8, 4) is 22.8 Å². The Morgan fingerprint density at radius 1 is 1.22 bits per heavy atom. The lowest BCUT2D eigenvalue weighted by atomic mass is 9.99. The van der Waals surface area contributed by atoms with E-state index in [1.807, 2.05) is 11.1 Å². The number of carboxylic acid groups (broad SMARTS) is 1. The van der Waals surface area contributed by atoms with Crippen LogP contribution in [0, 0.1) is 5.92 Å². The van der Waals surface area contributed by atoms with Gasteiger partial charge >= 0.3 is 5.97 Å². The molecule has 1 aliphatic heterocycles. The number of rotatable bonds is 9. The maximum absolute atomic E-state index is 12.4. The van der Waals surface area contributed by atoms with E-state index < -0.39 is 21.2 Å². The molecule has 0 unspecified atom stereocenters. The summed E-state index contributed by atoms with van der Waals surface area (Å²) in [7, 11) is -1.57. The van der Waals surface area contributed by atoms with Gasteiger partial charge in [-0.1, -0.05) is 13.8 Å². The minimum Gasteiger partial charge on any atom is -0.493 e. The van der Waals surface area contributed by atoms with Crippen LogP contribution in [0.5, 0.6) is 11.5 Å². The van der Waals surface area contributed by atoms with Crippen LogP contribution in [0.2, 0.25) is 0 Å². The van der Waals surface area contributed by atoms with E-state index in [1.54, 1.807) is 10.7 Å². The van der Waals surface area contributed by atoms with Gasteiger partial charge in [-0.2, -0.15) is 0 Å². The molecule has 9 nitrogen and oxygen atoms in total. The van der Waals surface area contributed by atoms with Gasteiger partial charge in [0.2, 0.25) is 0 Å². The quantitative estimate of drug-likeness (QED) is 0.562. The van der Waals surface area contributed by atoms with Gasteiger partial charge in [-0.05, 0) is 30.0 Å². The Kier molecular flexibility index (Phi) is 6.82. The predicted octanol–water partition coefficient (Wildman–Crippen LogP) is 2.14. The van der Waals surface area contributed by atoms with Crippen LogP contribution in [-0.2, 0) is 16.4 Å². The molecule has 0 spiro atoms. The highest BCUT2D eigenvalue weighted by Crippen LogP contribution is 2.38. The van der Waals surface area contributed by atoms with E-state index in [2.05, 4.69) is 13.8 Å². The van der Waals surface area contributed by atoms with Crippen molar-refractivity contribution < 1.29 is 27.8 Å². The molecule has 3 rings (SSSR count). The summed E-state index contributed by atoms with van der Waals surface area (Å²) in [4.78, 5) is 23.9. The molecule has 0 saturated carbocycles. The number of hydrogen-bond acceptors (Lipinski definition) is 7. The zero-order chi connectivity index (χ0) is 23.6. The van der Waals surface area contributed by atoms with Crippen molar-refractivity contribution in [2.75, 3.05) is 37.3 Å². The van der Waals surface area contributed by atoms with Crippen LogP contribution in [0.15, 0.2) is 29.2 Å². The summed E-state index contributed by atoms with van der Waals surface area (Å²) < 4.78 is 35.7. The largest absolute Gasteiger partial charge is 0.493 e. The summed E-state index contributed by atoms with van der Waals surface area (Å²) in [6.07, 6.45) is 2.91. The number of nitrogens with zero attached hydrogens (tertiary/aromatic N) is 2. The van der Waals surface area contributed by atoms with E-state index in [0.29, 0.717) is 42.6 Å². The fraction of sp³-hybridized carbons (Fsp3) is 0.455. The van der Waals surface area contributed by atoms with Crippen LogP contribution in [0.25, 0.3) is 11.3 Å². The molecule has 0 radical (unpaired) electrons. The Labute approximate surface area is 187 Å². The molecule has 0 amide bonds. The highest BCUT2D eigenvalue weighted by atomic mass is 32.2. The molecule has 0 bridgehead atoms. The molecule has 1 aliphatic rings. The molecule has 1 aromatic heterocycles. The second-order valence-electron chi connectivity index (χ2n) is 8.32. The first-order valence-electron chi connectivity index (χ1n) is 10.3. The Bertz CT molecular complexity index is 1190. The summed E-state index contributed by atoms with van der Waals surface area (Å²) in [5, 5.41) is 11.4. The number of methoxy groups -OCH3 is 1. The van der Waals surface area contributed by atoms with Gasteiger partial charge in [-0.25, -0.2) is 13.2 Å². The molecule has 0 aliphatic carbocycles. The first-order chi connectivity index (χ1) is 15.0. The van der Waals surface area contributed by atoms with Crippen molar-refractivity contribution >= 4 is 15.8 Å². The molecule has 0 atom stereocenters. The van der Waals surface area contributed by atoms with Crippen molar-refractivity contribution in [2.24, 2.45) is 5.92 Å². The fourth-order valence-corrected chi connectivity index (χ4v) is 4.36. The number of carboxylic acids is 1. The number of sulfone groups is 1. The molecule has 10 heteroatoms. The van der Waals surface area contributed by atoms with Gasteiger partial charge in [-0.3, -0.25) is 9.47 Å². The number of hydrogen-bond donors (Lipinski definition) is 1. The number of benzene rings is 1. The SMILES string of the molecule is COc1cc2c(cc1OCCCS(C)(=O)=O)CN(CC(C)C)n1cc(C(=O)O)c(=O)cc1-2. The predicted molar refractivity (Wildman–Crippen MR) is 121 cm³/mol. The molecule has 2 heterocycles. The minimum absolute atomic E-state index is 0.0324. The second kappa shape index (κ2) is 9.23. The Morgan fingerprint density at radius 3 is 2.53 bits per heavy atom. The number of carbonyl (C=O) groups is 1. The van der Waals surface area contributed by atoms with Gasteiger partial charge < -0.3 is 19.6 Å². The standard InChI is InChI=1S/C22H28N2O7S/c1-14(2)11-23-12-15-8-21(31-6-5-7-32(4,28)29)20(30-3)9-16(15)18-10-19(25)17(22(26)27)13-24(18)23/h8-10,13-14H,5-7,11-12H2,1-4H3,(H,26,27). The second-order valence-corrected chi connectivity index (χ2v) is 10.6. The molecule has 0 saturated heterocycles. The van der Waals surface area contributed by atoms with Crippen LogP contribution in [0.4, 0.5) is 0 Å². The maximum Gasteiger partial charge on any atom is 0.341 e. The lowest BCUT2D eigenvalue weighted by Crippen LogP contribution is -2.41.